The summed E-state index contributed by atoms with van der Waals surface area (Å²) < 4.78 is 0. The molecule has 3 nitrogen and oxygen atoms in total. The van der Waals surface area contributed by atoms with Gasteiger partial charge in [-0.3, -0.25) is 4.79 Å². The number of halogens is 1. The molecule has 0 bridgehead atoms. The van der Waals surface area contributed by atoms with Crippen molar-refractivity contribution in [2.24, 2.45) is 11.8 Å². The van der Waals surface area contributed by atoms with Gasteiger partial charge in [-0.25, -0.2) is 0 Å². The molecule has 19 heavy (non-hydrogen) atoms. The molecule has 2 fully saturated rings. The van der Waals surface area contributed by atoms with E-state index in [1.807, 2.05) is 11.9 Å². The van der Waals surface area contributed by atoms with Gasteiger partial charge in [0.1, 0.15) is 0 Å². The molecule has 1 unspecified atom stereocenters. The van der Waals surface area contributed by atoms with Gasteiger partial charge in [0.2, 0.25) is 5.91 Å². The topological polar surface area (TPSA) is 32.3 Å². The molecule has 1 aliphatic carbocycles. The molecule has 1 heterocycles. The van der Waals surface area contributed by atoms with Gasteiger partial charge >= 0.3 is 0 Å². The first-order valence-electron chi connectivity index (χ1n) is 7.67. The molecule has 0 aromatic rings. The maximum Gasteiger partial charge on any atom is 0.222 e. The molecular formula is C15H29ClN2O. The number of hydrogen-bond acceptors (Lipinski definition) is 2. The van der Waals surface area contributed by atoms with E-state index < -0.39 is 0 Å². The van der Waals surface area contributed by atoms with Crippen molar-refractivity contribution in [2.75, 3.05) is 20.1 Å². The van der Waals surface area contributed by atoms with E-state index in [1.54, 1.807) is 0 Å². The lowest BCUT2D eigenvalue weighted by Crippen LogP contribution is -2.40. The Hall–Kier alpha value is -0.280. The predicted octanol–water partition coefficient (Wildman–Crippen LogP) is 2.84. The molecule has 2 aliphatic rings. The Morgan fingerprint density at radius 2 is 1.84 bits per heavy atom. The van der Waals surface area contributed by atoms with E-state index in [9.17, 15) is 4.79 Å². The van der Waals surface area contributed by atoms with Gasteiger partial charge in [-0.2, -0.15) is 0 Å². The SMILES string of the molecule is CCC1CCC(N(C)C(=O)CC2CCNC2)CC1.Cl. The van der Waals surface area contributed by atoms with Crippen LogP contribution in [0.1, 0.15) is 51.9 Å². The van der Waals surface area contributed by atoms with Crippen LogP contribution in [-0.4, -0.2) is 37.0 Å². The van der Waals surface area contributed by atoms with Crippen LogP contribution in [0.25, 0.3) is 0 Å². The van der Waals surface area contributed by atoms with Gasteiger partial charge in [-0.05, 0) is 57.0 Å². The van der Waals surface area contributed by atoms with Crippen molar-refractivity contribution in [1.29, 1.82) is 0 Å². The third kappa shape index (κ3) is 4.64. The Morgan fingerprint density at radius 3 is 2.37 bits per heavy atom. The predicted molar refractivity (Wildman–Crippen MR) is 81.6 cm³/mol. The van der Waals surface area contributed by atoms with E-state index in [2.05, 4.69) is 12.2 Å². The minimum atomic E-state index is 0. The van der Waals surface area contributed by atoms with Crippen molar-refractivity contribution in [2.45, 2.75) is 57.9 Å². The summed E-state index contributed by atoms with van der Waals surface area (Å²) >= 11 is 0. The smallest absolute Gasteiger partial charge is 0.222 e. The Kier molecular flexibility index (Phi) is 7.16. The highest BCUT2D eigenvalue weighted by atomic mass is 35.5. The number of carbonyl (C=O) groups is 1. The molecule has 112 valence electrons. The van der Waals surface area contributed by atoms with Crippen molar-refractivity contribution in [1.82, 2.24) is 10.2 Å². The fourth-order valence-electron chi connectivity index (χ4n) is 3.42. The Balaban J connectivity index is 0.00000180. The summed E-state index contributed by atoms with van der Waals surface area (Å²) in [5, 5.41) is 3.34. The average molecular weight is 289 g/mol. The van der Waals surface area contributed by atoms with E-state index in [-0.39, 0.29) is 12.4 Å². The molecule has 2 rings (SSSR count). The summed E-state index contributed by atoms with van der Waals surface area (Å²) in [5.74, 6) is 1.85. The van der Waals surface area contributed by atoms with E-state index in [0.29, 0.717) is 17.9 Å². The first-order valence-corrected chi connectivity index (χ1v) is 7.67. The van der Waals surface area contributed by atoms with Crippen molar-refractivity contribution >= 4 is 18.3 Å². The molecule has 0 spiro atoms. The van der Waals surface area contributed by atoms with Crippen molar-refractivity contribution in [3.8, 4) is 0 Å². The van der Waals surface area contributed by atoms with Crippen LogP contribution >= 0.6 is 12.4 Å². The lowest BCUT2D eigenvalue weighted by atomic mass is 9.84. The van der Waals surface area contributed by atoms with Crippen molar-refractivity contribution in [3.05, 3.63) is 0 Å². The van der Waals surface area contributed by atoms with Gasteiger partial charge in [-0.15, -0.1) is 12.4 Å². The normalized spacial score (nSPS) is 30.7. The Bertz CT molecular complexity index is 271. The molecule has 1 atom stereocenters. The highest BCUT2D eigenvalue weighted by Crippen LogP contribution is 2.29. The molecule has 1 N–H and O–H groups in total. The second kappa shape index (κ2) is 8.11. The van der Waals surface area contributed by atoms with Gasteiger partial charge < -0.3 is 10.2 Å². The van der Waals surface area contributed by atoms with E-state index in [4.69, 9.17) is 0 Å². The Morgan fingerprint density at radius 1 is 1.16 bits per heavy atom. The van der Waals surface area contributed by atoms with Crippen molar-refractivity contribution < 1.29 is 4.79 Å². The van der Waals surface area contributed by atoms with Gasteiger partial charge in [0.15, 0.2) is 0 Å². The van der Waals surface area contributed by atoms with Crippen LogP contribution in [0.2, 0.25) is 0 Å². The molecule has 0 radical (unpaired) electrons. The zero-order chi connectivity index (χ0) is 13.0. The van der Waals surface area contributed by atoms with Gasteiger partial charge in [0.25, 0.3) is 0 Å². The fourth-order valence-corrected chi connectivity index (χ4v) is 3.42. The molecule has 0 aromatic heterocycles. The summed E-state index contributed by atoms with van der Waals surface area (Å²) in [4.78, 5) is 14.3. The third-order valence-corrected chi connectivity index (χ3v) is 4.96. The van der Waals surface area contributed by atoms with E-state index in [1.165, 1.54) is 38.5 Å². The lowest BCUT2D eigenvalue weighted by molar-refractivity contribution is -0.133. The quantitative estimate of drug-likeness (QED) is 0.863. The van der Waals surface area contributed by atoms with Crippen LogP contribution in [0.4, 0.5) is 0 Å². The zero-order valence-electron chi connectivity index (χ0n) is 12.4. The minimum absolute atomic E-state index is 0. The maximum atomic E-state index is 12.2. The molecule has 1 amide bonds. The monoisotopic (exact) mass is 288 g/mol. The number of carbonyl (C=O) groups excluding carboxylic acids is 1. The summed E-state index contributed by atoms with van der Waals surface area (Å²) in [6.45, 7) is 4.40. The number of amides is 1. The highest BCUT2D eigenvalue weighted by Gasteiger charge is 2.27. The van der Waals surface area contributed by atoms with Crippen LogP contribution < -0.4 is 5.32 Å². The van der Waals surface area contributed by atoms with E-state index >= 15 is 0 Å². The molecule has 1 saturated heterocycles. The molecule has 1 saturated carbocycles. The summed E-state index contributed by atoms with van der Waals surface area (Å²) in [6.07, 6.45) is 8.26. The van der Waals surface area contributed by atoms with Crippen LogP contribution in [-0.2, 0) is 4.79 Å². The molecular weight excluding hydrogens is 260 g/mol. The van der Waals surface area contributed by atoms with Crippen LogP contribution in [0, 0.1) is 11.8 Å². The first kappa shape index (κ1) is 16.8. The number of nitrogens with one attached hydrogen (secondary N) is 1. The van der Waals surface area contributed by atoms with Crippen LogP contribution in [0.15, 0.2) is 0 Å². The summed E-state index contributed by atoms with van der Waals surface area (Å²) in [6, 6.07) is 0.509. The van der Waals surface area contributed by atoms with Gasteiger partial charge in [0.05, 0.1) is 0 Å². The Labute approximate surface area is 123 Å². The third-order valence-electron chi connectivity index (χ3n) is 4.96. The van der Waals surface area contributed by atoms with E-state index in [0.717, 1.165) is 25.4 Å². The van der Waals surface area contributed by atoms with Crippen molar-refractivity contribution in [3.63, 3.8) is 0 Å². The standard InChI is InChI=1S/C15H28N2O.ClH/c1-3-12-4-6-14(7-5-12)17(2)15(18)10-13-8-9-16-11-13;/h12-14,16H,3-11H2,1-2H3;1H. The molecule has 4 heteroatoms. The number of hydrogen-bond donors (Lipinski definition) is 1. The first-order chi connectivity index (χ1) is 8.70. The average Bonchev–Trinajstić information content (AvgIpc) is 2.91. The minimum Gasteiger partial charge on any atom is -0.343 e. The largest absolute Gasteiger partial charge is 0.343 e. The highest BCUT2D eigenvalue weighted by molar-refractivity contribution is 5.85. The number of rotatable bonds is 4. The molecule has 1 aliphatic heterocycles. The summed E-state index contributed by atoms with van der Waals surface area (Å²) in [7, 11) is 2.02. The number of nitrogens with zero attached hydrogens (tertiary/aromatic N) is 1. The molecule has 0 aromatic carbocycles. The van der Waals surface area contributed by atoms with Crippen LogP contribution in [0.5, 0.6) is 0 Å². The van der Waals surface area contributed by atoms with Gasteiger partial charge in [0, 0.05) is 19.5 Å². The fraction of sp³-hybridized carbons (Fsp3) is 0.933. The zero-order valence-corrected chi connectivity index (χ0v) is 13.2. The van der Waals surface area contributed by atoms with Crippen LogP contribution in [0.3, 0.4) is 0 Å². The maximum absolute atomic E-state index is 12.2. The second-order valence-corrected chi connectivity index (χ2v) is 6.15. The van der Waals surface area contributed by atoms with Gasteiger partial charge in [-0.1, -0.05) is 13.3 Å². The second-order valence-electron chi connectivity index (χ2n) is 6.15. The lowest BCUT2D eigenvalue weighted by Gasteiger charge is -2.35. The summed E-state index contributed by atoms with van der Waals surface area (Å²) in [5.41, 5.74) is 0.